The van der Waals surface area contributed by atoms with Gasteiger partial charge in [0.05, 0.1) is 27.0 Å². The lowest BCUT2D eigenvalue weighted by Gasteiger charge is -2.15. The largest absolute Gasteiger partial charge is 0.493 e. The molecule has 0 radical (unpaired) electrons. The van der Waals surface area contributed by atoms with E-state index in [2.05, 4.69) is 25.0 Å². The first kappa shape index (κ1) is 17.8. The van der Waals surface area contributed by atoms with Crippen molar-refractivity contribution in [3.05, 3.63) is 48.2 Å². The number of hydrogen-bond donors (Lipinski definition) is 0. The van der Waals surface area contributed by atoms with Gasteiger partial charge >= 0.3 is 0 Å². The second-order valence-electron chi connectivity index (χ2n) is 5.78. The minimum atomic E-state index is 0.446. The minimum Gasteiger partial charge on any atom is -0.493 e. The first-order chi connectivity index (χ1) is 12.7. The highest BCUT2D eigenvalue weighted by atomic mass is 16.5. The van der Waals surface area contributed by atoms with Gasteiger partial charge in [-0.1, -0.05) is 11.2 Å². The predicted molar refractivity (Wildman–Crippen MR) is 94.9 cm³/mol. The van der Waals surface area contributed by atoms with Gasteiger partial charge < -0.3 is 14.0 Å². The topological polar surface area (TPSA) is 86.4 Å². The SMILES string of the molecule is COc1ccc(CCN(C)Cc2nc(-c3cnccn3)no2)cc1OC. The van der Waals surface area contributed by atoms with Crippen LogP contribution in [0.1, 0.15) is 11.5 Å². The third-order valence-corrected chi connectivity index (χ3v) is 3.90. The molecular weight excluding hydrogens is 334 g/mol. The zero-order valence-electron chi connectivity index (χ0n) is 15.0. The van der Waals surface area contributed by atoms with Gasteiger partial charge in [-0.05, 0) is 31.2 Å². The fourth-order valence-electron chi connectivity index (χ4n) is 2.50. The van der Waals surface area contributed by atoms with Gasteiger partial charge in [0.2, 0.25) is 11.7 Å². The van der Waals surface area contributed by atoms with Crippen LogP contribution in [0.2, 0.25) is 0 Å². The van der Waals surface area contributed by atoms with E-state index < -0.39 is 0 Å². The number of nitrogens with zero attached hydrogens (tertiary/aromatic N) is 5. The number of methoxy groups -OCH3 is 2. The normalized spacial score (nSPS) is 10.9. The van der Waals surface area contributed by atoms with Crippen LogP contribution >= 0.6 is 0 Å². The predicted octanol–water partition coefficient (Wildman–Crippen LogP) is 2.22. The van der Waals surface area contributed by atoms with Gasteiger partial charge in [0.25, 0.3) is 0 Å². The number of hydrogen-bond acceptors (Lipinski definition) is 8. The van der Waals surface area contributed by atoms with Crippen molar-refractivity contribution in [1.82, 2.24) is 25.0 Å². The van der Waals surface area contributed by atoms with Gasteiger partial charge in [-0.15, -0.1) is 0 Å². The second-order valence-corrected chi connectivity index (χ2v) is 5.78. The molecule has 2 heterocycles. The van der Waals surface area contributed by atoms with Crippen LogP contribution in [0.3, 0.4) is 0 Å². The molecule has 2 aromatic heterocycles. The molecule has 0 fully saturated rings. The Hall–Kier alpha value is -3.00. The molecule has 0 aliphatic heterocycles. The van der Waals surface area contributed by atoms with Crippen LogP contribution in [0.25, 0.3) is 11.5 Å². The Morgan fingerprint density at radius 1 is 1.12 bits per heavy atom. The Kier molecular flexibility index (Phi) is 5.75. The molecule has 0 aliphatic rings. The second kappa shape index (κ2) is 8.39. The summed E-state index contributed by atoms with van der Waals surface area (Å²) in [6.45, 7) is 1.39. The molecule has 0 bridgehead atoms. The number of benzene rings is 1. The molecule has 3 aromatic rings. The van der Waals surface area contributed by atoms with E-state index in [1.165, 1.54) is 5.56 Å². The van der Waals surface area contributed by atoms with E-state index in [0.29, 0.717) is 24.0 Å². The zero-order valence-corrected chi connectivity index (χ0v) is 15.0. The molecule has 8 heteroatoms. The van der Waals surface area contributed by atoms with Crippen molar-refractivity contribution in [3.63, 3.8) is 0 Å². The summed E-state index contributed by atoms with van der Waals surface area (Å²) in [6, 6.07) is 5.94. The Balaban J connectivity index is 1.56. The van der Waals surface area contributed by atoms with Crippen molar-refractivity contribution in [3.8, 4) is 23.0 Å². The fraction of sp³-hybridized carbons (Fsp3) is 0.333. The lowest BCUT2D eigenvalue weighted by molar-refractivity contribution is 0.269. The molecule has 3 rings (SSSR count). The van der Waals surface area contributed by atoms with Crippen LogP contribution in [0.4, 0.5) is 0 Å². The molecule has 0 saturated carbocycles. The summed E-state index contributed by atoms with van der Waals surface area (Å²) in [5, 5.41) is 3.95. The zero-order chi connectivity index (χ0) is 18.4. The highest BCUT2D eigenvalue weighted by Crippen LogP contribution is 2.27. The van der Waals surface area contributed by atoms with E-state index >= 15 is 0 Å². The van der Waals surface area contributed by atoms with Crippen molar-refractivity contribution in [1.29, 1.82) is 0 Å². The first-order valence-electron chi connectivity index (χ1n) is 8.18. The summed E-state index contributed by atoms with van der Waals surface area (Å²) >= 11 is 0. The first-order valence-corrected chi connectivity index (χ1v) is 8.18. The number of rotatable bonds is 8. The maximum atomic E-state index is 5.34. The molecule has 0 saturated heterocycles. The highest BCUT2D eigenvalue weighted by Gasteiger charge is 2.12. The highest BCUT2D eigenvalue weighted by molar-refractivity contribution is 5.45. The molecule has 0 spiro atoms. The van der Waals surface area contributed by atoms with E-state index in [1.807, 2.05) is 25.2 Å². The van der Waals surface area contributed by atoms with Gasteiger partial charge in [0.15, 0.2) is 11.5 Å². The maximum absolute atomic E-state index is 5.34. The molecule has 0 atom stereocenters. The molecule has 136 valence electrons. The van der Waals surface area contributed by atoms with Crippen LogP contribution < -0.4 is 9.47 Å². The molecule has 0 aliphatic carbocycles. The summed E-state index contributed by atoms with van der Waals surface area (Å²) in [5.41, 5.74) is 1.76. The summed E-state index contributed by atoms with van der Waals surface area (Å²) in [6.07, 6.45) is 5.67. The van der Waals surface area contributed by atoms with Gasteiger partial charge in [0.1, 0.15) is 5.69 Å². The third kappa shape index (κ3) is 4.34. The number of ether oxygens (including phenoxy) is 2. The van der Waals surface area contributed by atoms with Crippen LogP contribution in [0.15, 0.2) is 41.3 Å². The molecular formula is C18H21N5O3. The summed E-state index contributed by atoms with van der Waals surface area (Å²) in [5.74, 6) is 2.45. The van der Waals surface area contributed by atoms with Crippen LogP contribution in [0, 0.1) is 0 Å². The van der Waals surface area contributed by atoms with E-state index in [9.17, 15) is 0 Å². The van der Waals surface area contributed by atoms with Gasteiger partial charge in [-0.25, -0.2) is 4.98 Å². The third-order valence-electron chi connectivity index (χ3n) is 3.90. The van der Waals surface area contributed by atoms with Gasteiger partial charge in [-0.3, -0.25) is 9.88 Å². The van der Waals surface area contributed by atoms with Crippen molar-refractivity contribution in [2.45, 2.75) is 13.0 Å². The summed E-state index contributed by atoms with van der Waals surface area (Å²) in [7, 11) is 5.27. The smallest absolute Gasteiger partial charge is 0.241 e. The molecule has 1 aromatic carbocycles. The van der Waals surface area contributed by atoms with Crippen molar-refractivity contribution >= 4 is 0 Å². The lowest BCUT2D eigenvalue weighted by atomic mass is 10.1. The molecule has 26 heavy (non-hydrogen) atoms. The van der Waals surface area contributed by atoms with Crippen LogP contribution in [-0.4, -0.2) is 52.8 Å². The Labute approximate surface area is 151 Å². The van der Waals surface area contributed by atoms with Crippen molar-refractivity contribution in [2.24, 2.45) is 0 Å². The fourth-order valence-corrected chi connectivity index (χ4v) is 2.50. The quantitative estimate of drug-likeness (QED) is 0.608. The van der Waals surface area contributed by atoms with E-state index in [0.717, 1.165) is 24.5 Å². The van der Waals surface area contributed by atoms with E-state index in [-0.39, 0.29) is 0 Å². The molecule has 8 nitrogen and oxygen atoms in total. The number of aromatic nitrogens is 4. The molecule has 0 N–H and O–H groups in total. The van der Waals surface area contributed by atoms with Gasteiger partial charge in [0, 0.05) is 18.9 Å². The lowest BCUT2D eigenvalue weighted by Crippen LogP contribution is -2.21. The number of likely N-dealkylation sites (N-methyl/N-ethyl adjacent to an activating group) is 1. The maximum Gasteiger partial charge on any atom is 0.241 e. The summed E-state index contributed by atoms with van der Waals surface area (Å²) < 4.78 is 15.9. The average Bonchev–Trinajstić information content (AvgIpc) is 3.15. The van der Waals surface area contributed by atoms with E-state index in [1.54, 1.807) is 32.8 Å². The van der Waals surface area contributed by atoms with Crippen LogP contribution in [-0.2, 0) is 13.0 Å². The van der Waals surface area contributed by atoms with Crippen LogP contribution in [0.5, 0.6) is 11.5 Å². The molecule has 0 amide bonds. The standard InChI is InChI=1S/C18H21N5O3/c1-23(9-6-13-4-5-15(24-2)16(10-13)25-3)12-17-21-18(22-26-17)14-11-19-7-8-20-14/h4-5,7-8,10-11H,6,9,12H2,1-3H3. The van der Waals surface area contributed by atoms with Crippen molar-refractivity contribution in [2.75, 3.05) is 27.8 Å². The Morgan fingerprint density at radius 2 is 1.96 bits per heavy atom. The van der Waals surface area contributed by atoms with Gasteiger partial charge in [-0.2, -0.15) is 4.98 Å². The summed E-state index contributed by atoms with van der Waals surface area (Å²) in [4.78, 5) is 14.7. The van der Waals surface area contributed by atoms with Crippen molar-refractivity contribution < 1.29 is 14.0 Å². The monoisotopic (exact) mass is 355 g/mol. The average molecular weight is 355 g/mol. The Bertz CT molecular complexity index is 838. The molecule has 0 unspecified atom stereocenters. The Morgan fingerprint density at radius 3 is 2.69 bits per heavy atom. The minimum absolute atomic E-state index is 0.446. The van der Waals surface area contributed by atoms with E-state index in [4.69, 9.17) is 14.0 Å².